The van der Waals surface area contributed by atoms with Crippen molar-refractivity contribution in [3.63, 3.8) is 0 Å². The maximum atomic E-state index is 12.9. The number of nitrogens with zero attached hydrogens (tertiary/aromatic N) is 1. The highest BCUT2D eigenvalue weighted by Crippen LogP contribution is 2.21. The first-order valence-corrected chi connectivity index (χ1v) is 9.94. The van der Waals surface area contributed by atoms with E-state index >= 15 is 0 Å². The number of carbonyl (C=O) groups excluding carboxylic acids is 2. The zero-order valence-corrected chi connectivity index (χ0v) is 16.9. The maximum Gasteiger partial charge on any atom is 0.257 e. The minimum absolute atomic E-state index is 0.0596. The van der Waals surface area contributed by atoms with Gasteiger partial charge in [0.1, 0.15) is 0 Å². The Bertz CT molecular complexity index is 1130. The average molecular weight is 414 g/mol. The highest BCUT2D eigenvalue weighted by Gasteiger charge is 2.26. The van der Waals surface area contributed by atoms with Gasteiger partial charge in [0.15, 0.2) is 17.1 Å². The number of Topliss-reactive ketones (excluding diaryl/α,β-unsaturated/α-hetero) is 1. The Kier molecular flexibility index (Phi) is 5.77. The van der Waals surface area contributed by atoms with Crippen LogP contribution in [0.25, 0.3) is 0 Å². The van der Waals surface area contributed by atoms with Crippen LogP contribution in [-0.2, 0) is 11.2 Å². The molecule has 0 spiro atoms. The molecule has 1 heterocycles. The average Bonchev–Trinajstić information content (AvgIpc) is 2.91. The van der Waals surface area contributed by atoms with E-state index in [2.05, 4.69) is 10.6 Å². The van der Waals surface area contributed by atoms with Gasteiger partial charge in [0.2, 0.25) is 0 Å². The van der Waals surface area contributed by atoms with Crippen molar-refractivity contribution < 1.29 is 9.59 Å². The maximum absolute atomic E-state index is 12.9. The Morgan fingerprint density at radius 3 is 2.27 bits per heavy atom. The first-order chi connectivity index (χ1) is 14.6. The first kappa shape index (κ1) is 19.7. The van der Waals surface area contributed by atoms with Crippen molar-refractivity contribution in [3.8, 4) is 0 Å². The number of carbonyl (C=O) groups is 2. The Morgan fingerprint density at radius 1 is 0.900 bits per heavy atom. The minimum Gasteiger partial charge on any atom is -0.335 e. The number of hydrogen-bond acceptors (Lipinski definition) is 4. The van der Waals surface area contributed by atoms with Crippen LogP contribution >= 0.6 is 12.2 Å². The normalized spacial score (nSPS) is 15.4. The molecule has 30 heavy (non-hydrogen) atoms. The van der Waals surface area contributed by atoms with E-state index in [1.165, 1.54) is 0 Å². The summed E-state index contributed by atoms with van der Waals surface area (Å²) < 4.78 is 0. The second-order valence-electron chi connectivity index (χ2n) is 6.84. The van der Waals surface area contributed by atoms with Crippen LogP contribution in [0.4, 0.5) is 0 Å². The van der Waals surface area contributed by atoms with Gasteiger partial charge < -0.3 is 5.32 Å². The van der Waals surface area contributed by atoms with Crippen LogP contribution in [0.15, 0.2) is 89.9 Å². The Hall–Kier alpha value is -3.64. The van der Waals surface area contributed by atoms with Crippen LogP contribution in [0.5, 0.6) is 0 Å². The molecule has 6 heteroatoms. The van der Waals surface area contributed by atoms with E-state index in [-0.39, 0.29) is 23.2 Å². The molecule has 1 aliphatic rings. The van der Waals surface area contributed by atoms with E-state index in [9.17, 15) is 9.59 Å². The summed E-state index contributed by atoms with van der Waals surface area (Å²) in [6, 6.07) is 26.2. The van der Waals surface area contributed by atoms with Crippen molar-refractivity contribution in [2.45, 2.75) is 12.6 Å². The molecule has 0 aliphatic carbocycles. The standard InChI is InChI=1S/C24H19N3O2S/c28-20-15-18-13-7-8-14-19(18)21(16-9-3-1-4-10-16)25-22(20)26-24(30)27-23(29)17-11-5-2-6-12-17/h1-14,22H,15H2,(H2,26,27,29,30). The van der Waals surface area contributed by atoms with Crippen LogP contribution < -0.4 is 10.6 Å². The molecule has 4 rings (SSSR count). The van der Waals surface area contributed by atoms with Crippen molar-refractivity contribution >= 4 is 34.7 Å². The molecule has 1 atom stereocenters. The summed E-state index contributed by atoms with van der Waals surface area (Å²) in [6.45, 7) is 0. The lowest BCUT2D eigenvalue weighted by Gasteiger charge is -2.16. The number of nitrogens with one attached hydrogen (secondary N) is 2. The smallest absolute Gasteiger partial charge is 0.257 e. The van der Waals surface area contributed by atoms with Crippen LogP contribution in [0, 0.1) is 0 Å². The van der Waals surface area contributed by atoms with Gasteiger partial charge in [-0.25, -0.2) is 0 Å². The zero-order chi connectivity index (χ0) is 20.9. The highest BCUT2D eigenvalue weighted by atomic mass is 32.1. The molecule has 3 aromatic carbocycles. The highest BCUT2D eigenvalue weighted by molar-refractivity contribution is 7.80. The lowest BCUT2D eigenvalue weighted by molar-refractivity contribution is -0.119. The summed E-state index contributed by atoms with van der Waals surface area (Å²) in [5.74, 6) is -0.464. The molecule has 0 saturated heterocycles. The predicted octanol–water partition coefficient (Wildman–Crippen LogP) is 3.28. The third kappa shape index (κ3) is 4.34. The summed E-state index contributed by atoms with van der Waals surface area (Å²) >= 11 is 5.29. The van der Waals surface area contributed by atoms with Gasteiger partial charge in [-0.2, -0.15) is 0 Å². The number of amides is 1. The number of benzene rings is 3. The van der Waals surface area contributed by atoms with E-state index in [4.69, 9.17) is 17.2 Å². The first-order valence-electron chi connectivity index (χ1n) is 9.53. The van der Waals surface area contributed by atoms with Crippen LogP contribution in [0.2, 0.25) is 0 Å². The molecule has 0 aromatic heterocycles. The van der Waals surface area contributed by atoms with E-state index in [0.29, 0.717) is 11.3 Å². The van der Waals surface area contributed by atoms with Gasteiger partial charge in [-0.05, 0) is 29.9 Å². The summed E-state index contributed by atoms with van der Waals surface area (Å²) in [7, 11) is 0. The molecule has 1 aliphatic heterocycles. The second-order valence-corrected chi connectivity index (χ2v) is 7.25. The molecule has 0 bridgehead atoms. The molecule has 1 unspecified atom stereocenters. The summed E-state index contributed by atoms with van der Waals surface area (Å²) in [4.78, 5) is 30.0. The lowest BCUT2D eigenvalue weighted by atomic mass is 9.96. The van der Waals surface area contributed by atoms with Gasteiger partial charge in [0.25, 0.3) is 5.91 Å². The van der Waals surface area contributed by atoms with E-state index in [1.54, 1.807) is 24.3 Å². The molecule has 5 nitrogen and oxygen atoms in total. The van der Waals surface area contributed by atoms with E-state index in [0.717, 1.165) is 16.7 Å². The van der Waals surface area contributed by atoms with Crippen LogP contribution in [-0.4, -0.2) is 28.7 Å². The van der Waals surface area contributed by atoms with Crippen molar-refractivity contribution in [3.05, 3.63) is 107 Å². The second kappa shape index (κ2) is 8.80. The molecule has 148 valence electrons. The molecule has 0 saturated carbocycles. The number of aliphatic imine (C=N–C) groups is 1. The van der Waals surface area contributed by atoms with Crippen molar-refractivity contribution in [1.29, 1.82) is 0 Å². The van der Waals surface area contributed by atoms with Crippen LogP contribution in [0.3, 0.4) is 0 Å². The SMILES string of the molecule is O=C(NC(=S)NC1N=C(c2ccccc2)c2ccccc2CC1=O)c1ccccc1. The topological polar surface area (TPSA) is 70.6 Å². The number of hydrogen-bond donors (Lipinski definition) is 2. The molecular formula is C24H19N3O2S. The third-order valence-corrected chi connectivity index (χ3v) is 5.00. The van der Waals surface area contributed by atoms with E-state index < -0.39 is 6.17 Å². The molecule has 2 N–H and O–H groups in total. The summed E-state index contributed by atoms with van der Waals surface area (Å²) in [5, 5.41) is 5.59. The van der Waals surface area contributed by atoms with Crippen molar-refractivity contribution in [1.82, 2.24) is 10.6 Å². The number of thiocarbonyl (C=S) groups is 1. The van der Waals surface area contributed by atoms with Gasteiger partial charge in [-0.15, -0.1) is 0 Å². The number of rotatable bonds is 3. The summed E-state index contributed by atoms with van der Waals surface area (Å²) in [5.41, 5.74) is 3.93. The summed E-state index contributed by atoms with van der Waals surface area (Å²) in [6.07, 6.45) is -0.667. The number of ketones is 1. The van der Waals surface area contributed by atoms with Gasteiger partial charge in [0.05, 0.1) is 5.71 Å². The predicted molar refractivity (Wildman–Crippen MR) is 121 cm³/mol. The molecule has 1 amide bonds. The van der Waals surface area contributed by atoms with Gasteiger partial charge in [-0.1, -0.05) is 72.8 Å². The number of fused-ring (bicyclic) bond motifs is 1. The van der Waals surface area contributed by atoms with Crippen molar-refractivity contribution in [2.24, 2.45) is 4.99 Å². The largest absolute Gasteiger partial charge is 0.335 e. The molecule has 0 radical (unpaired) electrons. The van der Waals surface area contributed by atoms with E-state index in [1.807, 2.05) is 60.7 Å². The quantitative estimate of drug-likeness (QED) is 0.647. The Labute approximate surface area is 179 Å². The zero-order valence-electron chi connectivity index (χ0n) is 16.0. The molecular weight excluding hydrogens is 394 g/mol. The monoisotopic (exact) mass is 413 g/mol. The lowest BCUT2D eigenvalue weighted by Crippen LogP contribution is -2.47. The minimum atomic E-state index is -0.892. The molecule has 0 fully saturated rings. The van der Waals surface area contributed by atoms with Gasteiger partial charge >= 0.3 is 0 Å². The third-order valence-electron chi connectivity index (χ3n) is 4.78. The van der Waals surface area contributed by atoms with Crippen molar-refractivity contribution in [2.75, 3.05) is 0 Å². The fraction of sp³-hybridized carbons (Fsp3) is 0.0833. The fourth-order valence-electron chi connectivity index (χ4n) is 3.32. The van der Waals surface area contributed by atoms with Gasteiger partial charge in [0, 0.05) is 23.1 Å². The Morgan fingerprint density at radius 2 is 1.53 bits per heavy atom. The Balaban J connectivity index is 1.61. The van der Waals surface area contributed by atoms with Gasteiger partial charge in [-0.3, -0.25) is 19.9 Å². The fourth-order valence-corrected chi connectivity index (χ4v) is 3.53. The van der Waals surface area contributed by atoms with Crippen LogP contribution in [0.1, 0.15) is 27.0 Å². The molecule has 3 aromatic rings.